The number of hydrogen-bond acceptors (Lipinski definition) is 2. The van der Waals surface area contributed by atoms with Gasteiger partial charge in [-0.1, -0.05) is 70.9 Å². The average Bonchev–Trinajstić information content (AvgIpc) is 2.38. The quantitative estimate of drug-likeness (QED) is 0.708. The maximum Gasteiger partial charge on any atom is 0.101 e. The van der Waals surface area contributed by atoms with Gasteiger partial charge in [0, 0.05) is 6.04 Å². The molecule has 2 nitrogen and oxygen atoms in total. The van der Waals surface area contributed by atoms with Crippen molar-refractivity contribution < 1.29 is 4.84 Å². The normalized spacial score (nSPS) is 15.2. The Balaban J connectivity index is 2.51. The van der Waals surface area contributed by atoms with E-state index in [-0.39, 0.29) is 11.5 Å². The van der Waals surface area contributed by atoms with Gasteiger partial charge in [-0.05, 0) is 24.3 Å². The zero-order chi connectivity index (χ0) is 14.3. The second kappa shape index (κ2) is 7.66. The van der Waals surface area contributed by atoms with Crippen molar-refractivity contribution in [3.8, 4) is 0 Å². The van der Waals surface area contributed by atoms with Crippen molar-refractivity contribution in [2.45, 2.75) is 66.0 Å². The van der Waals surface area contributed by atoms with Crippen LogP contribution in [0.3, 0.4) is 0 Å². The number of nitrogens with one attached hydrogen (secondary N) is 1. The van der Waals surface area contributed by atoms with Gasteiger partial charge < -0.3 is 0 Å². The van der Waals surface area contributed by atoms with Crippen molar-refractivity contribution in [3.63, 3.8) is 0 Å². The Kier molecular flexibility index (Phi) is 6.53. The maximum absolute atomic E-state index is 5.86. The fourth-order valence-corrected chi connectivity index (χ4v) is 2.05. The molecule has 0 aliphatic heterocycles. The van der Waals surface area contributed by atoms with Gasteiger partial charge in [-0.15, -0.1) is 0 Å². The van der Waals surface area contributed by atoms with E-state index < -0.39 is 0 Å². The van der Waals surface area contributed by atoms with Gasteiger partial charge in [-0.2, -0.15) is 5.48 Å². The molecular weight excluding hydrogens is 234 g/mol. The Bertz CT molecular complexity index is 342. The van der Waals surface area contributed by atoms with Crippen LogP contribution < -0.4 is 5.48 Å². The van der Waals surface area contributed by atoms with Gasteiger partial charge in [-0.25, -0.2) is 0 Å². The highest BCUT2D eigenvalue weighted by atomic mass is 16.7. The molecule has 1 aromatic rings. The Morgan fingerprint density at radius 3 is 2.32 bits per heavy atom. The molecule has 2 atom stereocenters. The van der Waals surface area contributed by atoms with E-state index in [1.807, 2.05) is 18.2 Å². The molecule has 1 rings (SSSR count). The molecular formula is C17H29NO. The molecule has 0 saturated carbocycles. The number of hydrogen-bond donors (Lipinski definition) is 1. The van der Waals surface area contributed by atoms with Gasteiger partial charge in [0.2, 0.25) is 0 Å². The van der Waals surface area contributed by atoms with Crippen LogP contribution in [-0.4, -0.2) is 6.04 Å². The second-order valence-corrected chi connectivity index (χ2v) is 6.35. The highest BCUT2D eigenvalue weighted by Crippen LogP contribution is 2.25. The Labute approximate surface area is 118 Å². The molecule has 2 heteroatoms. The summed E-state index contributed by atoms with van der Waals surface area (Å²) in [7, 11) is 0. The minimum Gasteiger partial charge on any atom is -0.294 e. The van der Waals surface area contributed by atoms with E-state index in [0.29, 0.717) is 6.04 Å². The zero-order valence-corrected chi connectivity index (χ0v) is 13.1. The Morgan fingerprint density at radius 1 is 1.16 bits per heavy atom. The first kappa shape index (κ1) is 16.2. The summed E-state index contributed by atoms with van der Waals surface area (Å²) in [6.07, 6.45) is 3.69. The largest absolute Gasteiger partial charge is 0.294 e. The summed E-state index contributed by atoms with van der Waals surface area (Å²) >= 11 is 0. The van der Waals surface area contributed by atoms with Crippen molar-refractivity contribution in [1.29, 1.82) is 0 Å². The molecule has 0 amide bonds. The summed E-state index contributed by atoms with van der Waals surface area (Å²) in [5.74, 6) is 0. The van der Waals surface area contributed by atoms with E-state index in [9.17, 15) is 0 Å². The van der Waals surface area contributed by atoms with Gasteiger partial charge in [0.1, 0.15) is 6.10 Å². The van der Waals surface area contributed by atoms with E-state index in [0.717, 1.165) is 6.42 Å². The van der Waals surface area contributed by atoms with Gasteiger partial charge in [0.15, 0.2) is 0 Å². The van der Waals surface area contributed by atoms with Crippen molar-refractivity contribution in [3.05, 3.63) is 35.9 Å². The summed E-state index contributed by atoms with van der Waals surface area (Å²) in [6.45, 7) is 11.1. The van der Waals surface area contributed by atoms with E-state index in [2.05, 4.69) is 52.2 Å². The second-order valence-electron chi connectivity index (χ2n) is 6.35. The standard InChI is InChI=1S/C17H29NO/c1-6-7-13-16(17(3,4)5)18-19-14(2)15-11-9-8-10-12-15/h8-12,14,16,18H,6-7,13H2,1-5H3. The maximum atomic E-state index is 5.86. The molecule has 0 bridgehead atoms. The molecule has 0 saturated heterocycles. The molecule has 0 fully saturated rings. The lowest BCUT2D eigenvalue weighted by Gasteiger charge is -2.32. The first-order valence-electron chi connectivity index (χ1n) is 7.41. The third-order valence-electron chi connectivity index (χ3n) is 3.55. The predicted molar refractivity (Wildman–Crippen MR) is 81.8 cm³/mol. The number of hydroxylamine groups is 1. The first-order chi connectivity index (χ1) is 8.95. The highest BCUT2D eigenvalue weighted by Gasteiger charge is 2.24. The molecule has 0 radical (unpaired) electrons. The van der Waals surface area contributed by atoms with Gasteiger partial charge in [-0.3, -0.25) is 4.84 Å². The lowest BCUT2D eigenvalue weighted by molar-refractivity contribution is -0.0594. The number of rotatable bonds is 7. The zero-order valence-electron chi connectivity index (χ0n) is 13.1. The minimum absolute atomic E-state index is 0.0766. The van der Waals surface area contributed by atoms with Gasteiger partial charge >= 0.3 is 0 Å². The van der Waals surface area contributed by atoms with Crippen molar-refractivity contribution in [2.24, 2.45) is 5.41 Å². The minimum atomic E-state index is 0.0766. The van der Waals surface area contributed by atoms with Crippen LogP contribution in [0.1, 0.15) is 65.5 Å². The predicted octanol–water partition coefficient (Wildman–Crippen LogP) is 4.87. The van der Waals surface area contributed by atoms with Crippen molar-refractivity contribution >= 4 is 0 Å². The van der Waals surface area contributed by atoms with E-state index >= 15 is 0 Å². The van der Waals surface area contributed by atoms with Crippen LogP contribution in [-0.2, 0) is 4.84 Å². The van der Waals surface area contributed by atoms with Crippen LogP contribution in [0.25, 0.3) is 0 Å². The van der Waals surface area contributed by atoms with Crippen LogP contribution in [0.4, 0.5) is 0 Å². The molecule has 108 valence electrons. The molecule has 1 N–H and O–H groups in total. The fourth-order valence-electron chi connectivity index (χ4n) is 2.05. The SMILES string of the molecule is CCCCC(NOC(C)c1ccccc1)C(C)(C)C. The smallest absolute Gasteiger partial charge is 0.101 e. The highest BCUT2D eigenvalue weighted by molar-refractivity contribution is 5.16. The monoisotopic (exact) mass is 263 g/mol. The van der Waals surface area contributed by atoms with Crippen molar-refractivity contribution in [2.75, 3.05) is 0 Å². The first-order valence-corrected chi connectivity index (χ1v) is 7.41. The Hall–Kier alpha value is -0.860. The number of benzene rings is 1. The van der Waals surface area contributed by atoms with Crippen LogP contribution >= 0.6 is 0 Å². The van der Waals surface area contributed by atoms with Gasteiger partial charge in [0.05, 0.1) is 0 Å². The molecule has 0 heterocycles. The van der Waals surface area contributed by atoms with Crippen LogP contribution in [0, 0.1) is 5.41 Å². The van der Waals surface area contributed by atoms with Crippen molar-refractivity contribution in [1.82, 2.24) is 5.48 Å². The van der Waals surface area contributed by atoms with Gasteiger partial charge in [0.25, 0.3) is 0 Å². The van der Waals surface area contributed by atoms with Crippen LogP contribution in [0.2, 0.25) is 0 Å². The van der Waals surface area contributed by atoms with E-state index in [1.165, 1.54) is 18.4 Å². The van der Waals surface area contributed by atoms with Crippen LogP contribution in [0.5, 0.6) is 0 Å². The molecule has 0 aliphatic rings. The third-order valence-corrected chi connectivity index (χ3v) is 3.55. The molecule has 0 spiro atoms. The van der Waals surface area contributed by atoms with E-state index in [4.69, 9.17) is 4.84 Å². The number of unbranched alkanes of at least 4 members (excludes halogenated alkanes) is 1. The molecule has 2 unspecified atom stereocenters. The lowest BCUT2D eigenvalue weighted by atomic mass is 9.84. The third kappa shape index (κ3) is 5.75. The summed E-state index contributed by atoms with van der Waals surface area (Å²) in [5, 5.41) is 0. The van der Waals surface area contributed by atoms with Crippen LogP contribution in [0.15, 0.2) is 30.3 Å². The summed E-state index contributed by atoms with van der Waals surface area (Å²) in [6, 6.07) is 10.7. The Morgan fingerprint density at radius 2 is 1.79 bits per heavy atom. The summed E-state index contributed by atoms with van der Waals surface area (Å²) in [4.78, 5) is 5.86. The molecule has 1 aromatic carbocycles. The average molecular weight is 263 g/mol. The van der Waals surface area contributed by atoms with E-state index in [1.54, 1.807) is 0 Å². The fraction of sp³-hybridized carbons (Fsp3) is 0.647. The summed E-state index contributed by atoms with van der Waals surface area (Å²) < 4.78 is 0. The topological polar surface area (TPSA) is 21.3 Å². The summed E-state index contributed by atoms with van der Waals surface area (Å²) in [5.41, 5.74) is 4.71. The molecule has 0 aliphatic carbocycles. The molecule has 0 aromatic heterocycles. The molecule has 19 heavy (non-hydrogen) atoms. The lowest BCUT2D eigenvalue weighted by Crippen LogP contribution is -2.40.